The summed E-state index contributed by atoms with van der Waals surface area (Å²) in [6.07, 6.45) is 1.18. The Morgan fingerprint density at radius 2 is 2.60 bits per heavy atom. The minimum Gasteiger partial charge on any atom is -0.233 e. The molecule has 0 atom stereocenters. The Balaban J connectivity index is 3.03. The highest BCUT2D eigenvalue weighted by Crippen LogP contribution is 2.00. The Morgan fingerprint density at radius 1 is 1.80 bits per heavy atom. The van der Waals surface area contributed by atoms with E-state index in [-0.39, 0.29) is 11.4 Å². The van der Waals surface area contributed by atoms with Crippen LogP contribution in [0.4, 0.5) is 0 Å². The van der Waals surface area contributed by atoms with Crippen LogP contribution in [0.25, 0.3) is 10.4 Å². The van der Waals surface area contributed by atoms with Gasteiger partial charge in [0.25, 0.3) is 0 Å². The molecule has 0 spiro atoms. The van der Waals surface area contributed by atoms with E-state index in [2.05, 4.69) is 20.2 Å². The van der Waals surface area contributed by atoms with Gasteiger partial charge in [-0.1, -0.05) is 0 Å². The zero-order valence-electron chi connectivity index (χ0n) is 4.72. The molecule has 0 bridgehead atoms. The van der Waals surface area contributed by atoms with Gasteiger partial charge in [-0.05, 0) is 10.6 Å². The third-order valence-corrected chi connectivity index (χ3v) is 0.830. The average Bonchev–Trinajstić information content (AvgIpc) is 2.36. The minimum absolute atomic E-state index is 0.0301. The Hall–Kier alpha value is -1.90. The fourth-order valence-electron chi connectivity index (χ4n) is 0.441. The monoisotopic (exact) mass is 135 g/mol. The van der Waals surface area contributed by atoms with E-state index in [0.717, 1.165) is 0 Å². The topological polar surface area (TPSA) is 90.6 Å². The highest BCUT2D eigenvalue weighted by molar-refractivity contribution is 6.23. The molecule has 6 nitrogen and oxygen atoms in total. The number of hydrogen-bond donors (Lipinski definition) is 0. The van der Waals surface area contributed by atoms with Crippen LogP contribution < -0.4 is 0 Å². The Morgan fingerprint density at radius 3 is 3.20 bits per heavy atom. The first-order valence-electron chi connectivity index (χ1n) is 2.30. The van der Waals surface area contributed by atoms with Gasteiger partial charge in [0.2, 0.25) is 0 Å². The third-order valence-electron chi connectivity index (χ3n) is 0.830. The van der Waals surface area contributed by atoms with E-state index < -0.39 is 0 Å². The second-order valence-corrected chi connectivity index (χ2v) is 1.37. The van der Waals surface area contributed by atoms with Crippen molar-refractivity contribution in [3.63, 3.8) is 0 Å². The fourth-order valence-corrected chi connectivity index (χ4v) is 0.441. The second kappa shape index (κ2) is 2.59. The van der Waals surface area contributed by atoms with Gasteiger partial charge < -0.3 is 0 Å². The van der Waals surface area contributed by atoms with Crippen LogP contribution >= 0.6 is 0 Å². The molecular formula is C4HN5O. The highest BCUT2D eigenvalue weighted by Gasteiger charge is 2.07. The second-order valence-electron chi connectivity index (χ2n) is 1.37. The Labute approximate surface area is 55.2 Å². The SMILES string of the molecule is [N-]=[N+]=NC1=NN=CC1=C=O. The normalized spacial score (nSPS) is 14.0. The van der Waals surface area contributed by atoms with Gasteiger partial charge in [0.05, 0.1) is 6.21 Å². The summed E-state index contributed by atoms with van der Waals surface area (Å²) in [7, 11) is 0. The molecule has 1 aliphatic rings. The van der Waals surface area contributed by atoms with Crippen LogP contribution in [0, 0.1) is 0 Å². The van der Waals surface area contributed by atoms with Gasteiger partial charge in [0, 0.05) is 4.91 Å². The number of rotatable bonds is 0. The zero-order chi connectivity index (χ0) is 7.40. The smallest absolute Gasteiger partial charge is 0.169 e. The van der Waals surface area contributed by atoms with Gasteiger partial charge in [-0.25, -0.2) is 4.79 Å². The van der Waals surface area contributed by atoms with Crippen molar-refractivity contribution < 1.29 is 4.79 Å². The van der Waals surface area contributed by atoms with Gasteiger partial charge in [-0.3, -0.25) is 0 Å². The summed E-state index contributed by atoms with van der Waals surface area (Å²) >= 11 is 0. The molecule has 0 saturated heterocycles. The lowest BCUT2D eigenvalue weighted by molar-refractivity contribution is 0.568. The van der Waals surface area contributed by atoms with Crippen LogP contribution in [-0.4, -0.2) is 18.0 Å². The van der Waals surface area contributed by atoms with Crippen molar-refractivity contribution in [1.82, 2.24) is 0 Å². The summed E-state index contributed by atoms with van der Waals surface area (Å²) in [5.74, 6) is 1.49. The van der Waals surface area contributed by atoms with E-state index in [9.17, 15) is 4.79 Å². The molecule has 0 aromatic rings. The van der Waals surface area contributed by atoms with Crippen LogP contribution in [0.15, 0.2) is 20.9 Å². The van der Waals surface area contributed by atoms with E-state index in [1.165, 1.54) is 12.2 Å². The summed E-state index contributed by atoms with van der Waals surface area (Å²) < 4.78 is 0. The molecule has 0 saturated carbocycles. The van der Waals surface area contributed by atoms with Crippen LogP contribution in [0.3, 0.4) is 0 Å². The number of amidine groups is 1. The largest absolute Gasteiger partial charge is 0.233 e. The summed E-state index contributed by atoms with van der Waals surface area (Å²) in [5.41, 5.74) is 8.00. The molecule has 0 fully saturated rings. The summed E-state index contributed by atoms with van der Waals surface area (Å²) in [6, 6.07) is 0. The number of azide groups is 1. The van der Waals surface area contributed by atoms with E-state index in [1.54, 1.807) is 0 Å². The predicted octanol–water partition coefficient (Wildman–Crippen LogP) is 0.453. The molecule has 6 heteroatoms. The molecule has 0 radical (unpaired) electrons. The van der Waals surface area contributed by atoms with Crippen LogP contribution in [-0.2, 0) is 4.79 Å². The highest BCUT2D eigenvalue weighted by atomic mass is 16.1. The first-order valence-corrected chi connectivity index (χ1v) is 2.30. The van der Waals surface area contributed by atoms with Crippen molar-refractivity contribution in [1.29, 1.82) is 0 Å². The molecule has 0 amide bonds. The number of carbonyl (C=O) groups excluding carboxylic acids is 1. The lowest BCUT2D eigenvalue weighted by atomic mass is 10.3. The van der Waals surface area contributed by atoms with Crippen molar-refractivity contribution in [2.45, 2.75) is 0 Å². The zero-order valence-corrected chi connectivity index (χ0v) is 4.72. The molecule has 48 valence electrons. The molecule has 0 aromatic carbocycles. The molecule has 1 aliphatic heterocycles. The van der Waals surface area contributed by atoms with Gasteiger partial charge in [-0.2, -0.15) is 5.10 Å². The first-order chi connectivity index (χ1) is 4.88. The summed E-state index contributed by atoms with van der Waals surface area (Å²) in [4.78, 5) is 12.4. The van der Waals surface area contributed by atoms with E-state index in [4.69, 9.17) is 5.53 Å². The summed E-state index contributed by atoms with van der Waals surface area (Å²) in [6.45, 7) is 0. The molecule has 1 rings (SSSR count). The standard InChI is InChI=1S/C4HN5O/c5-9-8-4-3(2-10)1-6-7-4/h1H. The first kappa shape index (κ1) is 6.22. The van der Waals surface area contributed by atoms with Gasteiger partial charge in [0.15, 0.2) is 5.84 Å². The molecule has 0 unspecified atom stereocenters. The average molecular weight is 135 g/mol. The van der Waals surface area contributed by atoms with Crippen LogP contribution in [0.1, 0.15) is 0 Å². The maximum Gasteiger partial charge on any atom is 0.169 e. The fraction of sp³-hybridized carbons (Fsp3) is 0. The molecule has 0 aromatic heterocycles. The molecule has 10 heavy (non-hydrogen) atoms. The molecule has 0 N–H and O–H groups in total. The lowest BCUT2D eigenvalue weighted by Crippen LogP contribution is -1.94. The molecular weight excluding hydrogens is 134 g/mol. The van der Waals surface area contributed by atoms with Gasteiger partial charge >= 0.3 is 0 Å². The van der Waals surface area contributed by atoms with Crippen molar-refractivity contribution in [3.05, 3.63) is 16.0 Å². The Kier molecular flexibility index (Phi) is 1.61. The molecule has 1 heterocycles. The van der Waals surface area contributed by atoms with E-state index >= 15 is 0 Å². The van der Waals surface area contributed by atoms with Gasteiger partial charge in [0.1, 0.15) is 11.5 Å². The third kappa shape index (κ3) is 0.925. The number of hydrogen-bond acceptors (Lipinski definition) is 4. The molecule has 0 aliphatic carbocycles. The van der Waals surface area contributed by atoms with Crippen LogP contribution in [0.5, 0.6) is 0 Å². The predicted molar refractivity (Wildman–Crippen MR) is 34.3 cm³/mol. The van der Waals surface area contributed by atoms with Crippen molar-refractivity contribution >= 4 is 18.0 Å². The van der Waals surface area contributed by atoms with Crippen molar-refractivity contribution in [2.75, 3.05) is 0 Å². The minimum atomic E-state index is -0.0301. The van der Waals surface area contributed by atoms with Gasteiger partial charge in [-0.15, -0.1) is 5.10 Å². The van der Waals surface area contributed by atoms with Crippen LogP contribution in [0.2, 0.25) is 0 Å². The van der Waals surface area contributed by atoms with E-state index in [0.29, 0.717) is 0 Å². The maximum absolute atomic E-state index is 9.97. The summed E-state index contributed by atoms with van der Waals surface area (Å²) in [5, 5.41) is 9.76. The van der Waals surface area contributed by atoms with Crippen molar-refractivity contribution in [2.24, 2.45) is 15.3 Å². The van der Waals surface area contributed by atoms with Crippen molar-refractivity contribution in [3.8, 4) is 0 Å². The maximum atomic E-state index is 9.97. The Bertz CT molecular complexity index is 302. The quantitative estimate of drug-likeness (QED) is 0.205. The lowest BCUT2D eigenvalue weighted by Gasteiger charge is -1.79. The number of nitrogens with zero attached hydrogens (tertiary/aromatic N) is 5. The van der Waals surface area contributed by atoms with E-state index in [1.807, 2.05) is 0 Å².